The molecule has 0 bridgehead atoms. The molecule has 0 spiro atoms. The van der Waals surface area contributed by atoms with Crippen LogP contribution in [0.15, 0.2) is 23.1 Å². The second-order valence-electron chi connectivity index (χ2n) is 5.71. The first-order chi connectivity index (χ1) is 10.5. The van der Waals surface area contributed by atoms with E-state index in [9.17, 15) is 13.5 Å². The smallest absolute Gasteiger partial charge is 0.244 e. The molecular formula is C15H23NO5S. The van der Waals surface area contributed by atoms with Crippen LogP contribution in [0.2, 0.25) is 0 Å². The fourth-order valence-electron chi connectivity index (χ4n) is 2.84. The van der Waals surface area contributed by atoms with Crippen LogP contribution in [0.4, 0.5) is 0 Å². The minimum Gasteiger partial charge on any atom is -0.497 e. The maximum Gasteiger partial charge on any atom is 0.244 e. The van der Waals surface area contributed by atoms with Crippen LogP contribution < -0.4 is 14.2 Å². The topological polar surface area (TPSA) is 84.9 Å². The standard InChI is InChI=1S/C15H23NO5S/c1-20-12-5-6-13(21-2)14(9-12)22(18,19)16-10-15(11-17)7-3-4-8-15/h5-6,9,16-17H,3-4,7-8,10-11H2,1-2H3. The van der Waals surface area contributed by atoms with Crippen LogP contribution in [0.5, 0.6) is 11.5 Å². The van der Waals surface area contributed by atoms with E-state index in [1.807, 2.05) is 0 Å². The molecule has 124 valence electrons. The average Bonchev–Trinajstić information content (AvgIpc) is 3.02. The molecule has 2 rings (SSSR count). The number of aliphatic hydroxyl groups is 1. The Morgan fingerprint density at radius 2 is 1.91 bits per heavy atom. The molecule has 0 heterocycles. The fraction of sp³-hybridized carbons (Fsp3) is 0.600. The van der Waals surface area contributed by atoms with E-state index in [1.165, 1.54) is 20.3 Å². The molecule has 7 heteroatoms. The van der Waals surface area contributed by atoms with Crippen molar-refractivity contribution in [1.82, 2.24) is 4.72 Å². The Morgan fingerprint density at radius 3 is 2.45 bits per heavy atom. The maximum atomic E-state index is 12.6. The molecule has 6 nitrogen and oxygen atoms in total. The quantitative estimate of drug-likeness (QED) is 0.792. The van der Waals surface area contributed by atoms with Gasteiger partial charge in [-0.1, -0.05) is 12.8 Å². The molecule has 0 unspecified atom stereocenters. The monoisotopic (exact) mass is 329 g/mol. The lowest BCUT2D eigenvalue weighted by molar-refractivity contribution is 0.134. The third-order valence-corrected chi connectivity index (χ3v) is 5.72. The minimum absolute atomic E-state index is 0.00916. The number of rotatable bonds is 7. The van der Waals surface area contributed by atoms with Crippen LogP contribution in [-0.4, -0.2) is 40.9 Å². The predicted octanol–water partition coefficient (Wildman–Crippen LogP) is 1.53. The summed E-state index contributed by atoms with van der Waals surface area (Å²) in [7, 11) is -0.837. The summed E-state index contributed by atoms with van der Waals surface area (Å²) in [4.78, 5) is 0.0421. The van der Waals surface area contributed by atoms with Gasteiger partial charge in [0.1, 0.15) is 16.4 Å². The highest BCUT2D eigenvalue weighted by molar-refractivity contribution is 7.89. The summed E-state index contributed by atoms with van der Waals surface area (Å²) < 4.78 is 38.0. The molecule has 1 saturated carbocycles. The Hall–Kier alpha value is -1.31. The molecule has 1 aliphatic carbocycles. The molecule has 1 aliphatic rings. The summed E-state index contributed by atoms with van der Waals surface area (Å²) in [5.41, 5.74) is -0.348. The number of methoxy groups -OCH3 is 2. The summed E-state index contributed by atoms with van der Waals surface area (Å²) in [5.74, 6) is 0.705. The number of nitrogens with one attached hydrogen (secondary N) is 1. The average molecular weight is 329 g/mol. The number of ether oxygens (including phenoxy) is 2. The fourth-order valence-corrected chi connectivity index (χ4v) is 4.17. The zero-order valence-corrected chi connectivity index (χ0v) is 13.8. The van der Waals surface area contributed by atoms with Crippen LogP contribution in [0, 0.1) is 5.41 Å². The van der Waals surface area contributed by atoms with E-state index < -0.39 is 10.0 Å². The van der Waals surface area contributed by atoms with Crippen LogP contribution >= 0.6 is 0 Å². The first-order valence-electron chi connectivity index (χ1n) is 7.29. The summed E-state index contributed by atoms with van der Waals surface area (Å²) in [6.07, 6.45) is 3.71. The van der Waals surface area contributed by atoms with Crippen molar-refractivity contribution in [2.45, 2.75) is 30.6 Å². The van der Waals surface area contributed by atoms with Gasteiger partial charge in [-0.15, -0.1) is 0 Å². The molecule has 2 N–H and O–H groups in total. The highest BCUT2D eigenvalue weighted by atomic mass is 32.2. The van der Waals surface area contributed by atoms with Crippen LogP contribution in [0.3, 0.4) is 0 Å². The zero-order valence-electron chi connectivity index (χ0n) is 13.0. The molecule has 0 aliphatic heterocycles. The molecule has 0 atom stereocenters. The molecule has 1 aromatic carbocycles. The van der Waals surface area contributed by atoms with Gasteiger partial charge in [0.05, 0.1) is 14.2 Å². The van der Waals surface area contributed by atoms with Crippen molar-refractivity contribution in [3.8, 4) is 11.5 Å². The normalized spacial score (nSPS) is 17.4. The Morgan fingerprint density at radius 1 is 1.23 bits per heavy atom. The summed E-state index contributed by atoms with van der Waals surface area (Å²) in [5, 5.41) is 9.59. The van der Waals surface area contributed by atoms with Gasteiger partial charge in [0, 0.05) is 24.6 Å². The lowest BCUT2D eigenvalue weighted by Gasteiger charge is -2.26. The van der Waals surface area contributed by atoms with Gasteiger partial charge in [-0.2, -0.15) is 0 Å². The Labute approximate surface area is 131 Å². The van der Waals surface area contributed by atoms with Crippen molar-refractivity contribution in [2.75, 3.05) is 27.4 Å². The molecule has 0 saturated heterocycles. The van der Waals surface area contributed by atoms with Crippen molar-refractivity contribution >= 4 is 10.0 Å². The van der Waals surface area contributed by atoms with Crippen molar-refractivity contribution in [3.63, 3.8) is 0 Å². The van der Waals surface area contributed by atoms with E-state index in [0.29, 0.717) is 5.75 Å². The Balaban J connectivity index is 2.23. The van der Waals surface area contributed by atoms with Gasteiger partial charge in [-0.05, 0) is 25.0 Å². The molecule has 1 fully saturated rings. The van der Waals surface area contributed by atoms with Gasteiger partial charge in [0.2, 0.25) is 10.0 Å². The van der Waals surface area contributed by atoms with Crippen molar-refractivity contribution < 1.29 is 23.0 Å². The lowest BCUT2D eigenvalue weighted by Crippen LogP contribution is -2.38. The Bertz CT molecular complexity index is 608. The number of benzene rings is 1. The Kier molecular flexibility index (Phi) is 5.31. The second kappa shape index (κ2) is 6.85. The molecule has 1 aromatic rings. The molecule has 0 aromatic heterocycles. The summed E-state index contributed by atoms with van der Waals surface area (Å²) in [6.45, 7) is 0.219. The third kappa shape index (κ3) is 3.53. The zero-order chi connectivity index (χ0) is 16.2. The second-order valence-corrected chi connectivity index (χ2v) is 7.44. The van der Waals surface area contributed by atoms with Gasteiger partial charge >= 0.3 is 0 Å². The third-order valence-electron chi connectivity index (χ3n) is 4.30. The summed E-state index contributed by atoms with van der Waals surface area (Å²) in [6, 6.07) is 4.64. The minimum atomic E-state index is -3.74. The van der Waals surface area contributed by atoms with Gasteiger partial charge in [0.15, 0.2) is 0 Å². The SMILES string of the molecule is COc1ccc(OC)c(S(=O)(=O)NCC2(CO)CCCC2)c1. The summed E-state index contributed by atoms with van der Waals surface area (Å²) >= 11 is 0. The number of aliphatic hydroxyl groups excluding tert-OH is 1. The van der Waals surface area contributed by atoms with E-state index in [-0.39, 0.29) is 29.2 Å². The van der Waals surface area contributed by atoms with Crippen LogP contribution in [0.25, 0.3) is 0 Å². The van der Waals surface area contributed by atoms with E-state index in [2.05, 4.69) is 4.72 Å². The van der Waals surface area contributed by atoms with Crippen molar-refractivity contribution in [3.05, 3.63) is 18.2 Å². The number of sulfonamides is 1. The van der Waals surface area contributed by atoms with Gasteiger partial charge < -0.3 is 14.6 Å². The van der Waals surface area contributed by atoms with E-state index in [4.69, 9.17) is 9.47 Å². The first-order valence-corrected chi connectivity index (χ1v) is 8.77. The van der Waals surface area contributed by atoms with Gasteiger partial charge in [0.25, 0.3) is 0 Å². The van der Waals surface area contributed by atoms with Crippen molar-refractivity contribution in [1.29, 1.82) is 0 Å². The maximum absolute atomic E-state index is 12.6. The lowest BCUT2D eigenvalue weighted by atomic mass is 9.88. The number of hydrogen-bond acceptors (Lipinski definition) is 5. The molecule has 0 radical (unpaired) electrons. The van der Waals surface area contributed by atoms with E-state index in [0.717, 1.165) is 25.7 Å². The molecule has 22 heavy (non-hydrogen) atoms. The predicted molar refractivity (Wildman–Crippen MR) is 82.7 cm³/mol. The van der Waals surface area contributed by atoms with Gasteiger partial charge in [-0.3, -0.25) is 0 Å². The van der Waals surface area contributed by atoms with Gasteiger partial charge in [-0.25, -0.2) is 13.1 Å². The number of hydrogen-bond donors (Lipinski definition) is 2. The van der Waals surface area contributed by atoms with E-state index in [1.54, 1.807) is 12.1 Å². The highest BCUT2D eigenvalue weighted by Gasteiger charge is 2.35. The highest BCUT2D eigenvalue weighted by Crippen LogP contribution is 2.37. The van der Waals surface area contributed by atoms with E-state index >= 15 is 0 Å². The first kappa shape index (κ1) is 17.1. The molecular weight excluding hydrogens is 306 g/mol. The largest absolute Gasteiger partial charge is 0.497 e. The van der Waals surface area contributed by atoms with Crippen LogP contribution in [-0.2, 0) is 10.0 Å². The van der Waals surface area contributed by atoms with Crippen LogP contribution in [0.1, 0.15) is 25.7 Å². The van der Waals surface area contributed by atoms with Crippen molar-refractivity contribution in [2.24, 2.45) is 5.41 Å². The molecule has 0 amide bonds.